The van der Waals surface area contributed by atoms with E-state index in [4.69, 9.17) is 20.0 Å². The van der Waals surface area contributed by atoms with Gasteiger partial charge >= 0.3 is 0 Å². The van der Waals surface area contributed by atoms with E-state index in [9.17, 15) is 0 Å². The van der Waals surface area contributed by atoms with Crippen LogP contribution in [0.2, 0.25) is 0 Å². The van der Waals surface area contributed by atoms with Gasteiger partial charge in [0.05, 0.1) is 21.4 Å². The fraction of sp³-hybridized carbons (Fsp3) is 0.667. The van der Waals surface area contributed by atoms with Crippen molar-refractivity contribution in [2.45, 2.75) is 131 Å². The zero-order valence-corrected chi connectivity index (χ0v) is 22.9. The number of aryl methyl sites for hydroxylation is 2. The predicted molar refractivity (Wildman–Crippen MR) is 142 cm³/mol. The molecule has 0 atom stereocenters. The lowest BCUT2D eigenvalue weighted by molar-refractivity contribution is 0.548. The average Bonchev–Trinajstić information content (AvgIpc) is 3.27. The number of nitrogens with zero attached hydrogens (tertiary/aromatic N) is 4. The molecule has 0 bridgehead atoms. The van der Waals surface area contributed by atoms with Crippen molar-refractivity contribution in [1.29, 1.82) is 0 Å². The quantitative estimate of drug-likeness (QED) is 0.410. The van der Waals surface area contributed by atoms with Crippen LogP contribution in [0.5, 0.6) is 0 Å². The van der Waals surface area contributed by atoms with Crippen LogP contribution in [-0.4, -0.2) is 11.3 Å². The van der Waals surface area contributed by atoms with Gasteiger partial charge in [0.2, 0.25) is 0 Å². The van der Waals surface area contributed by atoms with Crippen LogP contribution >= 0.6 is 0 Å². The Morgan fingerprint density at radius 1 is 0.500 bits per heavy atom. The molecule has 4 rings (SSSR count). The van der Waals surface area contributed by atoms with E-state index in [0.717, 1.165) is 34.3 Å². The lowest BCUT2D eigenvalue weighted by atomic mass is 9.87. The predicted octanol–water partition coefficient (Wildman–Crippen LogP) is 5.68. The van der Waals surface area contributed by atoms with Crippen LogP contribution < -0.4 is 21.4 Å². The number of hydrogen-bond acceptors (Lipinski definition) is 4. The van der Waals surface area contributed by atoms with E-state index in [-0.39, 0.29) is 0 Å². The summed E-state index contributed by atoms with van der Waals surface area (Å²) in [6, 6.07) is 0. The molecule has 4 nitrogen and oxygen atoms in total. The maximum absolute atomic E-state index is 5.19. The molecule has 2 aromatic carbocycles. The Bertz CT molecular complexity index is 1240. The van der Waals surface area contributed by atoms with Gasteiger partial charge in [-0.25, -0.2) is 0 Å². The minimum atomic E-state index is -0.409. The molecule has 0 amide bonds. The second-order valence-corrected chi connectivity index (χ2v) is 11.4. The fourth-order valence-corrected chi connectivity index (χ4v) is 5.80. The smallest absolute Gasteiger partial charge is 0.146 e. The SMILES string of the molecule is CCCCCCc1c(C)c2c(c3c(CCCCCC)c(C)c4c(c13)=NC(C)(C)N=4)=NC(C)(C)N=2. The molecule has 0 aromatic heterocycles. The summed E-state index contributed by atoms with van der Waals surface area (Å²) in [4.78, 5) is 20.6. The lowest BCUT2D eigenvalue weighted by Gasteiger charge is -2.16. The van der Waals surface area contributed by atoms with E-state index in [0.29, 0.717) is 0 Å². The van der Waals surface area contributed by atoms with Crippen molar-refractivity contribution in [2.24, 2.45) is 20.0 Å². The van der Waals surface area contributed by atoms with E-state index in [1.54, 1.807) is 0 Å². The summed E-state index contributed by atoms with van der Waals surface area (Å²) >= 11 is 0. The molecule has 34 heavy (non-hydrogen) atoms. The minimum Gasteiger partial charge on any atom is -0.254 e. The third-order valence-corrected chi connectivity index (χ3v) is 7.49. The topological polar surface area (TPSA) is 49.4 Å². The van der Waals surface area contributed by atoms with Crippen molar-refractivity contribution >= 4 is 10.8 Å². The number of unbranched alkanes of at least 4 members (excludes halogenated alkanes) is 6. The van der Waals surface area contributed by atoms with Gasteiger partial charge < -0.3 is 0 Å². The number of benzene rings is 2. The van der Waals surface area contributed by atoms with E-state index >= 15 is 0 Å². The zero-order chi connectivity index (χ0) is 24.7. The van der Waals surface area contributed by atoms with Gasteiger partial charge in [0.15, 0.2) is 0 Å². The van der Waals surface area contributed by atoms with E-state index in [1.165, 1.54) is 84.4 Å². The van der Waals surface area contributed by atoms with E-state index in [2.05, 4.69) is 55.4 Å². The first-order valence-corrected chi connectivity index (χ1v) is 13.7. The van der Waals surface area contributed by atoms with Crippen LogP contribution in [0, 0.1) is 13.8 Å². The van der Waals surface area contributed by atoms with E-state index in [1.807, 2.05) is 0 Å². The molecule has 0 saturated heterocycles. The first-order valence-electron chi connectivity index (χ1n) is 13.7. The Morgan fingerprint density at radius 3 is 1.21 bits per heavy atom. The lowest BCUT2D eigenvalue weighted by Crippen LogP contribution is -2.36. The van der Waals surface area contributed by atoms with Crippen LogP contribution in [0.1, 0.15) is 115 Å². The van der Waals surface area contributed by atoms with Gasteiger partial charge in [0.1, 0.15) is 11.3 Å². The molecule has 0 spiro atoms. The monoisotopic (exact) mass is 460 g/mol. The maximum Gasteiger partial charge on any atom is 0.146 e. The maximum atomic E-state index is 5.19. The molecular weight excluding hydrogens is 416 g/mol. The van der Waals surface area contributed by atoms with Gasteiger partial charge in [-0.15, -0.1) is 0 Å². The highest BCUT2D eigenvalue weighted by atomic mass is 15.1. The molecule has 0 saturated carbocycles. The van der Waals surface area contributed by atoms with E-state index < -0.39 is 11.3 Å². The van der Waals surface area contributed by atoms with Crippen molar-refractivity contribution in [3.8, 4) is 0 Å². The van der Waals surface area contributed by atoms with Crippen LogP contribution in [0.3, 0.4) is 0 Å². The fourth-order valence-electron chi connectivity index (χ4n) is 5.80. The van der Waals surface area contributed by atoms with Crippen LogP contribution in [-0.2, 0) is 12.8 Å². The highest BCUT2D eigenvalue weighted by molar-refractivity contribution is 5.90. The second-order valence-electron chi connectivity index (χ2n) is 11.4. The molecule has 2 aliphatic rings. The Balaban J connectivity index is 2.09. The summed E-state index contributed by atoms with van der Waals surface area (Å²) < 4.78 is 0. The summed E-state index contributed by atoms with van der Waals surface area (Å²) in [5.74, 6) is 0. The van der Waals surface area contributed by atoms with Crippen molar-refractivity contribution in [3.05, 3.63) is 43.7 Å². The highest BCUT2D eigenvalue weighted by Crippen LogP contribution is 2.27. The Labute approximate surface area is 205 Å². The summed E-state index contributed by atoms with van der Waals surface area (Å²) in [6.07, 6.45) is 12.2. The molecule has 0 fully saturated rings. The molecule has 4 heteroatoms. The van der Waals surface area contributed by atoms with Crippen LogP contribution in [0.4, 0.5) is 0 Å². The normalized spacial score (nSPS) is 17.1. The van der Waals surface area contributed by atoms with Crippen LogP contribution in [0.25, 0.3) is 10.8 Å². The largest absolute Gasteiger partial charge is 0.254 e. The minimum absolute atomic E-state index is 0.409. The molecule has 0 aliphatic carbocycles. The second kappa shape index (κ2) is 9.51. The average molecular weight is 461 g/mol. The third-order valence-electron chi connectivity index (χ3n) is 7.49. The van der Waals surface area contributed by atoms with Gasteiger partial charge in [-0.1, -0.05) is 52.4 Å². The number of rotatable bonds is 10. The zero-order valence-electron chi connectivity index (χ0n) is 22.9. The molecule has 2 aliphatic heterocycles. The van der Waals surface area contributed by atoms with Crippen molar-refractivity contribution in [1.82, 2.24) is 0 Å². The Kier molecular flexibility index (Phi) is 6.99. The standard InChI is InChI=1S/C30H44N4/c1-9-11-13-15-17-21-19(3)25-28(34-29(5,6)31-25)24-22(18-16-14-12-10-2)20(4)26-27(23(21)24)33-30(7,8)32-26/h9-18H2,1-8H3. The number of hydrogen-bond donors (Lipinski definition) is 0. The molecular formula is C30H44N4. The summed E-state index contributed by atoms with van der Waals surface area (Å²) in [7, 11) is 0. The van der Waals surface area contributed by atoms with Gasteiger partial charge in [-0.2, -0.15) is 0 Å². The molecule has 0 radical (unpaired) electrons. The van der Waals surface area contributed by atoms with Crippen molar-refractivity contribution in [2.75, 3.05) is 0 Å². The van der Waals surface area contributed by atoms with Crippen molar-refractivity contribution < 1.29 is 0 Å². The summed E-state index contributed by atoms with van der Waals surface area (Å²) in [5.41, 5.74) is 4.66. The van der Waals surface area contributed by atoms with Gasteiger partial charge in [-0.3, -0.25) is 20.0 Å². The molecule has 2 aromatic rings. The van der Waals surface area contributed by atoms with Gasteiger partial charge in [-0.05, 0) is 89.5 Å². The molecule has 0 N–H and O–H groups in total. The van der Waals surface area contributed by atoms with Crippen molar-refractivity contribution in [3.63, 3.8) is 0 Å². The molecule has 184 valence electrons. The molecule has 2 heterocycles. The highest BCUT2D eigenvalue weighted by Gasteiger charge is 2.28. The first kappa shape index (κ1) is 25.0. The Morgan fingerprint density at radius 2 is 0.853 bits per heavy atom. The van der Waals surface area contributed by atoms with Gasteiger partial charge in [0, 0.05) is 10.8 Å². The summed E-state index contributed by atoms with van der Waals surface area (Å²) in [5, 5.41) is 7.09. The number of fused-ring (bicyclic) bond motifs is 5. The first-order chi connectivity index (χ1) is 16.1. The summed E-state index contributed by atoms with van der Waals surface area (Å²) in [6.45, 7) is 17.6. The molecule has 0 unspecified atom stereocenters. The third kappa shape index (κ3) is 4.57. The Hall–Kier alpha value is -2.10. The van der Waals surface area contributed by atoms with Crippen LogP contribution in [0.15, 0.2) is 20.0 Å². The van der Waals surface area contributed by atoms with Gasteiger partial charge in [0.25, 0.3) is 0 Å².